The number of hydrogen-bond donors (Lipinski definition) is 1. The fraction of sp³-hybridized carbons (Fsp3) is 0.133. The maximum Gasteiger partial charge on any atom is 0.272 e. The van der Waals surface area contributed by atoms with E-state index in [2.05, 4.69) is 15.0 Å². The van der Waals surface area contributed by atoms with Gasteiger partial charge < -0.3 is 10.5 Å². The molecule has 5 nitrogen and oxygen atoms in total. The summed E-state index contributed by atoms with van der Waals surface area (Å²) >= 11 is 5.66. The van der Waals surface area contributed by atoms with E-state index in [9.17, 15) is 8.78 Å². The average molecular weight is 337 g/mol. The van der Waals surface area contributed by atoms with Crippen LogP contribution in [0.1, 0.15) is 0 Å². The number of pyridine rings is 1. The van der Waals surface area contributed by atoms with E-state index < -0.39 is 13.0 Å². The van der Waals surface area contributed by atoms with Crippen molar-refractivity contribution in [3.05, 3.63) is 41.9 Å². The highest BCUT2D eigenvalue weighted by molar-refractivity contribution is 6.28. The molecule has 0 bridgehead atoms. The number of fused-ring (bicyclic) bond motifs is 1. The van der Waals surface area contributed by atoms with Crippen molar-refractivity contribution in [2.45, 2.75) is 6.43 Å². The average Bonchev–Trinajstić information content (AvgIpc) is 2.53. The summed E-state index contributed by atoms with van der Waals surface area (Å²) in [5, 5.41) is 1.55. The molecular weight excluding hydrogens is 326 g/mol. The number of alkyl halides is 2. The number of nitrogen functional groups attached to an aromatic ring is 1. The Kier molecular flexibility index (Phi) is 4.20. The molecule has 1 aromatic carbocycles. The lowest BCUT2D eigenvalue weighted by atomic mass is 10.1. The molecule has 0 aliphatic heterocycles. The first-order chi connectivity index (χ1) is 11.0. The molecule has 0 spiro atoms. The van der Waals surface area contributed by atoms with Crippen LogP contribution in [0.5, 0.6) is 5.75 Å². The molecular formula is C15H11ClF2N4O. The van der Waals surface area contributed by atoms with E-state index in [0.29, 0.717) is 33.6 Å². The van der Waals surface area contributed by atoms with Gasteiger partial charge in [0.2, 0.25) is 5.28 Å². The molecule has 2 aromatic heterocycles. The first-order valence-electron chi connectivity index (χ1n) is 6.62. The molecule has 0 radical (unpaired) electrons. The van der Waals surface area contributed by atoms with E-state index in [-0.39, 0.29) is 5.28 Å². The lowest BCUT2D eigenvalue weighted by molar-refractivity contribution is 0.0820. The van der Waals surface area contributed by atoms with E-state index >= 15 is 0 Å². The third-order valence-electron chi connectivity index (χ3n) is 3.12. The van der Waals surface area contributed by atoms with Gasteiger partial charge >= 0.3 is 0 Å². The van der Waals surface area contributed by atoms with Gasteiger partial charge in [0, 0.05) is 23.3 Å². The van der Waals surface area contributed by atoms with Crippen LogP contribution in [-0.4, -0.2) is 28.0 Å². The van der Waals surface area contributed by atoms with Crippen LogP contribution in [0.4, 0.5) is 14.6 Å². The van der Waals surface area contributed by atoms with Gasteiger partial charge in [0.05, 0.1) is 5.69 Å². The molecule has 0 aliphatic carbocycles. The van der Waals surface area contributed by atoms with Gasteiger partial charge in [0.1, 0.15) is 18.2 Å². The summed E-state index contributed by atoms with van der Waals surface area (Å²) in [4.78, 5) is 12.1. The highest BCUT2D eigenvalue weighted by Crippen LogP contribution is 2.29. The minimum Gasteiger partial charge on any atom is -0.488 e. The predicted octanol–water partition coefficient (Wildman–Crippen LogP) is 3.57. The summed E-state index contributed by atoms with van der Waals surface area (Å²) in [6.45, 7) is -0.663. The molecule has 3 rings (SSSR count). The summed E-state index contributed by atoms with van der Waals surface area (Å²) in [6, 6.07) is 6.65. The molecule has 23 heavy (non-hydrogen) atoms. The fourth-order valence-corrected chi connectivity index (χ4v) is 2.20. The second-order valence-corrected chi connectivity index (χ2v) is 5.06. The first kappa shape index (κ1) is 15.4. The number of ether oxygens (including phenoxy) is 1. The Morgan fingerprint density at radius 2 is 1.91 bits per heavy atom. The Hall–Kier alpha value is -2.54. The van der Waals surface area contributed by atoms with Crippen molar-refractivity contribution in [2.24, 2.45) is 0 Å². The molecule has 2 N–H and O–H groups in total. The van der Waals surface area contributed by atoms with Crippen molar-refractivity contribution in [2.75, 3.05) is 12.3 Å². The highest BCUT2D eigenvalue weighted by atomic mass is 35.5. The van der Waals surface area contributed by atoms with Crippen molar-refractivity contribution in [3.63, 3.8) is 0 Å². The van der Waals surface area contributed by atoms with Crippen molar-refractivity contribution >= 4 is 28.2 Å². The van der Waals surface area contributed by atoms with Gasteiger partial charge in [-0.05, 0) is 41.3 Å². The predicted molar refractivity (Wildman–Crippen MR) is 83.7 cm³/mol. The standard InChI is InChI=1S/C15H11ClF2N4O/c16-15-20-5-9(6-21-15)12-4-8-3-10(23-7-13(17)18)1-2-11(8)14(19)22-12/h1-6,13H,7H2,(H2,19,22). The third-order valence-corrected chi connectivity index (χ3v) is 3.32. The molecule has 8 heteroatoms. The quantitative estimate of drug-likeness (QED) is 0.737. The number of hydrogen-bond acceptors (Lipinski definition) is 5. The van der Waals surface area contributed by atoms with Gasteiger partial charge in [-0.3, -0.25) is 0 Å². The zero-order valence-corrected chi connectivity index (χ0v) is 12.5. The Balaban J connectivity index is 2.02. The maximum absolute atomic E-state index is 12.2. The number of benzene rings is 1. The lowest BCUT2D eigenvalue weighted by Gasteiger charge is -2.09. The number of nitrogens with two attached hydrogens (primary N) is 1. The van der Waals surface area contributed by atoms with Crippen molar-refractivity contribution in [1.82, 2.24) is 15.0 Å². The van der Waals surface area contributed by atoms with Gasteiger partial charge in [-0.1, -0.05) is 0 Å². The maximum atomic E-state index is 12.2. The number of halogens is 3. The zero-order valence-electron chi connectivity index (χ0n) is 11.7. The second kappa shape index (κ2) is 6.29. The third kappa shape index (κ3) is 3.45. The molecule has 0 aliphatic rings. The number of aromatic nitrogens is 3. The summed E-state index contributed by atoms with van der Waals surface area (Å²) in [6.07, 6.45) is 0.523. The SMILES string of the molecule is Nc1nc(-c2cnc(Cl)nc2)cc2cc(OCC(F)F)ccc12. The summed E-state index contributed by atoms with van der Waals surface area (Å²) in [7, 11) is 0. The van der Waals surface area contributed by atoms with Crippen LogP contribution < -0.4 is 10.5 Å². The van der Waals surface area contributed by atoms with E-state index in [1.807, 2.05) is 0 Å². The second-order valence-electron chi connectivity index (χ2n) is 4.72. The normalized spacial score (nSPS) is 11.1. The number of nitrogens with zero attached hydrogens (tertiary/aromatic N) is 3. The smallest absolute Gasteiger partial charge is 0.272 e. The molecule has 0 fully saturated rings. The van der Waals surface area contributed by atoms with Crippen molar-refractivity contribution in [1.29, 1.82) is 0 Å². The van der Waals surface area contributed by atoms with Crippen LogP contribution in [0.15, 0.2) is 36.7 Å². The van der Waals surface area contributed by atoms with Gasteiger partial charge in [0.25, 0.3) is 6.43 Å². The molecule has 0 unspecified atom stereocenters. The molecule has 118 valence electrons. The fourth-order valence-electron chi connectivity index (χ4n) is 2.10. The Morgan fingerprint density at radius 3 is 2.61 bits per heavy atom. The molecule has 0 amide bonds. The van der Waals surface area contributed by atoms with Crippen LogP contribution in [-0.2, 0) is 0 Å². The van der Waals surface area contributed by atoms with Gasteiger partial charge in [-0.25, -0.2) is 23.7 Å². The molecule has 0 saturated carbocycles. The lowest BCUT2D eigenvalue weighted by Crippen LogP contribution is -2.06. The minimum absolute atomic E-state index is 0.130. The van der Waals surface area contributed by atoms with Crippen LogP contribution in [0, 0.1) is 0 Å². The zero-order chi connectivity index (χ0) is 16.4. The topological polar surface area (TPSA) is 73.9 Å². The van der Waals surface area contributed by atoms with Crippen molar-refractivity contribution < 1.29 is 13.5 Å². The Morgan fingerprint density at radius 1 is 1.17 bits per heavy atom. The Labute approximate surface area is 135 Å². The van der Waals surface area contributed by atoms with E-state index in [1.165, 1.54) is 12.4 Å². The minimum atomic E-state index is -2.53. The van der Waals surface area contributed by atoms with Gasteiger partial charge in [0.15, 0.2) is 0 Å². The van der Waals surface area contributed by atoms with Crippen LogP contribution >= 0.6 is 11.6 Å². The summed E-state index contributed by atoms with van der Waals surface area (Å²) in [5.41, 5.74) is 7.15. The van der Waals surface area contributed by atoms with Crippen molar-refractivity contribution in [3.8, 4) is 17.0 Å². The van der Waals surface area contributed by atoms with Gasteiger partial charge in [-0.2, -0.15) is 0 Å². The number of anilines is 1. The molecule has 3 aromatic rings. The Bertz CT molecular complexity index is 843. The molecule has 2 heterocycles. The van der Waals surface area contributed by atoms with Gasteiger partial charge in [-0.15, -0.1) is 0 Å². The van der Waals surface area contributed by atoms with E-state index in [0.717, 1.165) is 0 Å². The molecule has 0 saturated heterocycles. The first-order valence-corrected chi connectivity index (χ1v) is 7.00. The van der Waals surface area contributed by atoms with E-state index in [4.69, 9.17) is 22.1 Å². The monoisotopic (exact) mass is 336 g/mol. The van der Waals surface area contributed by atoms with Crippen LogP contribution in [0.25, 0.3) is 22.0 Å². The van der Waals surface area contributed by atoms with Crippen LogP contribution in [0.2, 0.25) is 5.28 Å². The highest BCUT2D eigenvalue weighted by Gasteiger charge is 2.09. The summed E-state index contributed by atoms with van der Waals surface area (Å²) in [5.74, 6) is 0.648. The van der Waals surface area contributed by atoms with E-state index in [1.54, 1.807) is 24.3 Å². The molecule has 0 atom stereocenters. The number of rotatable bonds is 4. The summed E-state index contributed by atoms with van der Waals surface area (Å²) < 4.78 is 29.5. The van der Waals surface area contributed by atoms with Crippen LogP contribution in [0.3, 0.4) is 0 Å². The largest absolute Gasteiger partial charge is 0.488 e.